The van der Waals surface area contributed by atoms with Crippen LogP contribution < -0.4 is 10.6 Å². The summed E-state index contributed by atoms with van der Waals surface area (Å²) < 4.78 is 12.9. The molecule has 2 aromatic carbocycles. The van der Waals surface area contributed by atoms with Crippen molar-refractivity contribution in [2.75, 3.05) is 10.6 Å². The molecule has 5 heteroatoms. The normalized spacial score (nSPS) is 10.5. The van der Waals surface area contributed by atoms with Crippen LogP contribution in [-0.2, 0) is 6.54 Å². The Bertz CT molecular complexity index is 831. The number of aryl methyl sites for hydroxylation is 2. The van der Waals surface area contributed by atoms with Crippen LogP contribution in [0.1, 0.15) is 16.7 Å². The third kappa shape index (κ3) is 4.07. The zero-order chi connectivity index (χ0) is 16.9. The van der Waals surface area contributed by atoms with Crippen LogP contribution in [0.15, 0.2) is 54.7 Å². The molecule has 0 atom stereocenters. The number of rotatable bonds is 5. The number of benzene rings is 2. The molecule has 3 aromatic rings. The molecule has 0 radical (unpaired) electrons. The summed E-state index contributed by atoms with van der Waals surface area (Å²) in [6, 6.07) is 14.4. The summed E-state index contributed by atoms with van der Waals surface area (Å²) in [5.41, 5.74) is 4.33. The molecule has 0 fully saturated rings. The van der Waals surface area contributed by atoms with Gasteiger partial charge in [0.25, 0.3) is 0 Å². The first-order chi connectivity index (χ1) is 11.6. The Kier molecular flexibility index (Phi) is 4.70. The van der Waals surface area contributed by atoms with E-state index < -0.39 is 0 Å². The van der Waals surface area contributed by atoms with Crippen LogP contribution in [0.2, 0.25) is 0 Å². The summed E-state index contributed by atoms with van der Waals surface area (Å²) >= 11 is 0. The Hall–Kier alpha value is -2.95. The minimum Gasteiger partial charge on any atom is -0.366 e. The number of hydrogen-bond acceptors (Lipinski definition) is 4. The maximum atomic E-state index is 12.9. The molecule has 1 aromatic heterocycles. The summed E-state index contributed by atoms with van der Waals surface area (Å²) in [5, 5.41) is 6.45. The minimum absolute atomic E-state index is 0.235. The first kappa shape index (κ1) is 15.9. The van der Waals surface area contributed by atoms with E-state index in [-0.39, 0.29) is 5.82 Å². The van der Waals surface area contributed by atoms with Crippen LogP contribution in [0.5, 0.6) is 0 Å². The molecule has 0 aliphatic rings. The van der Waals surface area contributed by atoms with Gasteiger partial charge < -0.3 is 10.6 Å². The highest BCUT2D eigenvalue weighted by molar-refractivity contribution is 5.59. The molecule has 0 aliphatic heterocycles. The number of halogens is 1. The van der Waals surface area contributed by atoms with Gasteiger partial charge in [0.1, 0.15) is 11.6 Å². The highest BCUT2D eigenvalue weighted by atomic mass is 19.1. The molecular weight excluding hydrogens is 303 g/mol. The van der Waals surface area contributed by atoms with E-state index in [0.717, 1.165) is 16.8 Å². The van der Waals surface area contributed by atoms with E-state index in [1.807, 2.05) is 19.1 Å². The molecule has 122 valence electrons. The smallest absolute Gasteiger partial charge is 0.229 e. The Morgan fingerprint density at radius 3 is 2.54 bits per heavy atom. The second-order valence-corrected chi connectivity index (χ2v) is 5.69. The Labute approximate surface area is 140 Å². The van der Waals surface area contributed by atoms with Gasteiger partial charge in [-0.15, -0.1) is 0 Å². The lowest BCUT2D eigenvalue weighted by Gasteiger charge is -2.10. The van der Waals surface area contributed by atoms with Gasteiger partial charge in [0.05, 0.1) is 0 Å². The monoisotopic (exact) mass is 322 g/mol. The summed E-state index contributed by atoms with van der Waals surface area (Å²) in [4.78, 5) is 8.71. The third-order valence-corrected chi connectivity index (χ3v) is 3.67. The average molecular weight is 322 g/mol. The van der Waals surface area contributed by atoms with E-state index in [0.29, 0.717) is 18.3 Å². The van der Waals surface area contributed by atoms with Gasteiger partial charge in [-0.25, -0.2) is 9.37 Å². The fourth-order valence-corrected chi connectivity index (χ4v) is 2.39. The number of aromatic nitrogens is 2. The van der Waals surface area contributed by atoms with Crippen molar-refractivity contribution < 1.29 is 4.39 Å². The maximum Gasteiger partial charge on any atom is 0.229 e. The SMILES string of the molecule is Cc1ccc(Nc2nccc(NCc3ccc(F)cc3)n2)c(C)c1. The molecule has 0 spiro atoms. The van der Waals surface area contributed by atoms with Gasteiger partial charge >= 0.3 is 0 Å². The first-order valence-corrected chi connectivity index (χ1v) is 7.76. The lowest BCUT2D eigenvalue weighted by Crippen LogP contribution is -2.04. The van der Waals surface area contributed by atoms with Crippen molar-refractivity contribution in [1.82, 2.24) is 9.97 Å². The van der Waals surface area contributed by atoms with Crippen molar-refractivity contribution >= 4 is 17.5 Å². The third-order valence-electron chi connectivity index (χ3n) is 3.67. The lowest BCUT2D eigenvalue weighted by atomic mass is 10.1. The van der Waals surface area contributed by atoms with Crippen molar-refractivity contribution in [3.05, 3.63) is 77.2 Å². The molecule has 24 heavy (non-hydrogen) atoms. The van der Waals surface area contributed by atoms with Gasteiger partial charge in [0, 0.05) is 18.4 Å². The van der Waals surface area contributed by atoms with Crippen molar-refractivity contribution in [2.45, 2.75) is 20.4 Å². The van der Waals surface area contributed by atoms with Crippen LogP contribution in [0.4, 0.5) is 21.8 Å². The largest absolute Gasteiger partial charge is 0.366 e. The molecule has 0 unspecified atom stereocenters. The molecule has 0 saturated heterocycles. The molecule has 0 bridgehead atoms. The van der Waals surface area contributed by atoms with Crippen LogP contribution in [-0.4, -0.2) is 9.97 Å². The summed E-state index contributed by atoms with van der Waals surface area (Å²) in [6.07, 6.45) is 1.70. The maximum absolute atomic E-state index is 12.9. The predicted molar refractivity (Wildman–Crippen MR) is 95.0 cm³/mol. The second-order valence-electron chi connectivity index (χ2n) is 5.69. The fraction of sp³-hybridized carbons (Fsp3) is 0.158. The van der Waals surface area contributed by atoms with E-state index in [2.05, 4.69) is 33.6 Å². The quantitative estimate of drug-likeness (QED) is 0.721. The summed E-state index contributed by atoms with van der Waals surface area (Å²) in [6.45, 7) is 4.68. The number of nitrogens with one attached hydrogen (secondary N) is 2. The number of anilines is 3. The van der Waals surface area contributed by atoms with Crippen LogP contribution >= 0.6 is 0 Å². The topological polar surface area (TPSA) is 49.8 Å². The van der Waals surface area contributed by atoms with E-state index in [4.69, 9.17) is 0 Å². The number of hydrogen-bond donors (Lipinski definition) is 2. The summed E-state index contributed by atoms with van der Waals surface area (Å²) in [5.74, 6) is 1.01. The van der Waals surface area contributed by atoms with Crippen molar-refractivity contribution in [2.24, 2.45) is 0 Å². The van der Waals surface area contributed by atoms with Gasteiger partial charge in [-0.1, -0.05) is 29.8 Å². The lowest BCUT2D eigenvalue weighted by molar-refractivity contribution is 0.627. The van der Waals surface area contributed by atoms with Gasteiger partial charge in [-0.2, -0.15) is 4.98 Å². The fourth-order valence-electron chi connectivity index (χ4n) is 2.39. The molecule has 4 nitrogen and oxygen atoms in total. The van der Waals surface area contributed by atoms with Gasteiger partial charge in [0.2, 0.25) is 5.95 Å². The Morgan fingerprint density at radius 2 is 1.79 bits per heavy atom. The van der Waals surface area contributed by atoms with Crippen LogP contribution in [0, 0.1) is 19.7 Å². The zero-order valence-electron chi connectivity index (χ0n) is 13.7. The molecule has 0 amide bonds. The minimum atomic E-state index is -0.235. The van der Waals surface area contributed by atoms with E-state index in [1.54, 1.807) is 24.4 Å². The average Bonchev–Trinajstić information content (AvgIpc) is 2.57. The molecular formula is C19H19FN4. The van der Waals surface area contributed by atoms with E-state index >= 15 is 0 Å². The molecule has 1 heterocycles. The summed E-state index contributed by atoms with van der Waals surface area (Å²) in [7, 11) is 0. The predicted octanol–water partition coefficient (Wildman–Crippen LogP) is 4.59. The van der Waals surface area contributed by atoms with Crippen LogP contribution in [0.3, 0.4) is 0 Å². The van der Waals surface area contributed by atoms with E-state index in [9.17, 15) is 4.39 Å². The van der Waals surface area contributed by atoms with Crippen molar-refractivity contribution in [3.63, 3.8) is 0 Å². The molecule has 0 saturated carbocycles. The highest BCUT2D eigenvalue weighted by Crippen LogP contribution is 2.20. The molecule has 2 N–H and O–H groups in total. The number of nitrogens with zero attached hydrogens (tertiary/aromatic N) is 2. The standard InChI is InChI=1S/C19H19FN4/c1-13-3-8-17(14(2)11-13)23-19-21-10-9-18(24-19)22-12-15-4-6-16(20)7-5-15/h3-11H,12H2,1-2H3,(H2,21,22,23,24). The molecule has 3 rings (SSSR count). The van der Waals surface area contributed by atoms with Crippen LogP contribution in [0.25, 0.3) is 0 Å². The van der Waals surface area contributed by atoms with E-state index in [1.165, 1.54) is 17.7 Å². The first-order valence-electron chi connectivity index (χ1n) is 7.76. The van der Waals surface area contributed by atoms with Crippen molar-refractivity contribution in [1.29, 1.82) is 0 Å². The molecule has 0 aliphatic carbocycles. The zero-order valence-corrected chi connectivity index (χ0v) is 13.7. The highest BCUT2D eigenvalue weighted by Gasteiger charge is 2.03. The Morgan fingerprint density at radius 1 is 1.00 bits per heavy atom. The second kappa shape index (κ2) is 7.08. The van der Waals surface area contributed by atoms with Gasteiger partial charge in [-0.3, -0.25) is 0 Å². The van der Waals surface area contributed by atoms with Crippen molar-refractivity contribution in [3.8, 4) is 0 Å². The Balaban J connectivity index is 1.68. The van der Waals surface area contributed by atoms with Gasteiger partial charge in [-0.05, 0) is 49.2 Å². The van der Waals surface area contributed by atoms with Gasteiger partial charge in [0.15, 0.2) is 0 Å².